The van der Waals surface area contributed by atoms with Gasteiger partial charge in [-0.05, 0) is 44.2 Å². The second-order valence-electron chi connectivity index (χ2n) is 8.49. The number of carboxylic acid groups (broad SMARTS) is 1. The molecule has 0 spiro atoms. The maximum Gasteiger partial charge on any atom is 0.407 e. The minimum atomic E-state index is -1.20. The minimum Gasteiger partial charge on any atom is -0.478 e. The van der Waals surface area contributed by atoms with Crippen molar-refractivity contribution >= 4 is 17.7 Å². The minimum absolute atomic E-state index is 0.0427. The van der Waals surface area contributed by atoms with Gasteiger partial charge in [0.15, 0.2) is 0 Å². The SMILES string of the molecule is CCCCCCCC/C=C\CCCCCCCNC(=O)OCc1cc(C(=O)O)ccc1[N+](=O)[O-]. The first-order valence-electron chi connectivity index (χ1n) is 12.5. The third-order valence-electron chi connectivity index (χ3n) is 5.59. The molecule has 0 radical (unpaired) electrons. The number of nitrogens with zero attached hydrogens (tertiary/aromatic N) is 1. The normalized spacial score (nSPS) is 11.0. The van der Waals surface area contributed by atoms with Gasteiger partial charge >= 0.3 is 12.1 Å². The van der Waals surface area contributed by atoms with Gasteiger partial charge in [0.05, 0.1) is 16.1 Å². The van der Waals surface area contributed by atoms with Crippen LogP contribution in [0.2, 0.25) is 0 Å². The summed E-state index contributed by atoms with van der Waals surface area (Å²) in [5.74, 6) is -1.20. The Labute approximate surface area is 202 Å². The molecule has 8 nitrogen and oxygen atoms in total. The third kappa shape index (κ3) is 13.6. The Bertz CT molecular complexity index is 779. The van der Waals surface area contributed by atoms with Gasteiger partial charge in [-0.3, -0.25) is 10.1 Å². The molecule has 1 rings (SSSR count). The number of unbranched alkanes of at least 4 members (excludes halogenated alkanes) is 11. The molecule has 0 atom stereocenters. The van der Waals surface area contributed by atoms with Gasteiger partial charge in [-0.1, -0.05) is 70.4 Å². The van der Waals surface area contributed by atoms with Crippen molar-refractivity contribution in [2.75, 3.05) is 6.54 Å². The summed E-state index contributed by atoms with van der Waals surface area (Å²) < 4.78 is 5.02. The number of nitro benzene ring substituents is 1. The van der Waals surface area contributed by atoms with Crippen molar-refractivity contribution in [3.63, 3.8) is 0 Å². The van der Waals surface area contributed by atoms with Crippen LogP contribution in [-0.4, -0.2) is 28.6 Å². The number of carbonyl (C=O) groups excluding carboxylic acids is 1. The van der Waals surface area contributed by atoms with Crippen molar-refractivity contribution in [3.05, 3.63) is 51.6 Å². The molecule has 1 aromatic carbocycles. The standard InChI is InChI=1S/C26H40N2O6/c1-2-3-4-5-6-7-8-9-10-11-12-13-14-15-16-19-27-26(31)34-21-23-20-22(25(29)30)17-18-24(23)28(32)33/h9-10,17-18,20H,2-8,11-16,19,21H2,1H3,(H,27,31)(H,29,30)/b10-9-. The van der Waals surface area contributed by atoms with E-state index < -0.39 is 17.0 Å². The number of nitro groups is 1. The van der Waals surface area contributed by atoms with Crippen LogP contribution >= 0.6 is 0 Å². The number of allylic oxidation sites excluding steroid dienone is 2. The van der Waals surface area contributed by atoms with Gasteiger partial charge in [-0.15, -0.1) is 0 Å². The number of rotatable bonds is 19. The van der Waals surface area contributed by atoms with Crippen molar-refractivity contribution in [1.82, 2.24) is 5.32 Å². The Morgan fingerprint density at radius 1 is 0.971 bits per heavy atom. The first-order chi connectivity index (χ1) is 16.5. The van der Waals surface area contributed by atoms with Crippen LogP contribution in [0.1, 0.15) is 106 Å². The molecule has 0 heterocycles. The lowest BCUT2D eigenvalue weighted by molar-refractivity contribution is -0.385. The average molecular weight is 477 g/mol. The number of nitrogens with one attached hydrogen (secondary N) is 1. The monoisotopic (exact) mass is 476 g/mol. The highest BCUT2D eigenvalue weighted by Gasteiger charge is 2.17. The molecule has 1 aromatic rings. The van der Waals surface area contributed by atoms with Gasteiger partial charge in [-0.2, -0.15) is 0 Å². The van der Waals surface area contributed by atoms with Gasteiger partial charge < -0.3 is 15.2 Å². The molecule has 0 saturated heterocycles. The molecule has 0 bridgehead atoms. The van der Waals surface area contributed by atoms with E-state index in [1.54, 1.807) is 0 Å². The number of carbonyl (C=O) groups is 2. The van der Waals surface area contributed by atoms with E-state index in [0.717, 1.165) is 50.3 Å². The zero-order chi connectivity index (χ0) is 25.0. The Morgan fingerprint density at radius 2 is 1.56 bits per heavy atom. The summed E-state index contributed by atoms with van der Waals surface area (Å²) in [7, 11) is 0. The number of alkyl carbamates (subject to hydrolysis) is 1. The lowest BCUT2D eigenvalue weighted by Gasteiger charge is -2.08. The number of hydrogen-bond acceptors (Lipinski definition) is 5. The van der Waals surface area contributed by atoms with E-state index in [1.165, 1.54) is 51.4 Å². The number of benzene rings is 1. The summed E-state index contributed by atoms with van der Waals surface area (Å²) in [4.78, 5) is 33.3. The topological polar surface area (TPSA) is 119 Å². The quantitative estimate of drug-likeness (QED) is 0.0945. The third-order valence-corrected chi connectivity index (χ3v) is 5.59. The van der Waals surface area contributed by atoms with Crippen molar-refractivity contribution in [3.8, 4) is 0 Å². The molecule has 190 valence electrons. The molecule has 0 aliphatic carbocycles. The molecular formula is C26H40N2O6. The van der Waals surface area contributed by atoms with Crippen molar-refractivity contribution in [1.29, 1.82) is 0 Å². The zero-order valence-corrected chi connectivity index (χ0v) is 20.4. The van der Waals surface area contributed by atoms with Gasteiger partial charge in [0.2, 0.25) is 0 Å². The van der Waals surface area contributed by atoms with E-state index in [2.05, 4.69) is 24.4 Å². The molecule has 1 amide bonds. The molecular weight excluding hydrogens is 436 g/mol. The summed E-state index contributed by atoms with van der Waals surface area (Å²) in [5.41, 5.74) is -0.339. The van der Waals surface area contributed by atoms with Crippen molar-refractivity contribution < 1.29 is 24.4 Å². The van der Waals surface area contributed by atoms with Crippen LogP contribution in [-0.2, 0) is 11.3 Å². The first kappa shape index (κ1) is 29.1. The summed E-state index contributed by atoms with van der Waals surface area (Å²) in [6.07, 6.45) is 19.5. The number of ether oxygens (including phenoxy) is 1. The highest BCUT2D eigenvalue weighted by Crippen LogP contribution is 2.21. The molecule has 34 heavy (non-hydrogen) atoms. The predicted molar refractivity (Wildman–Crippen MR) is 133 cm³/mol. The number of carboxylic acids is 1. The molecule has 0 aliphatic heterocycles. The fraction of sp³-hybridized carbons (Fsp3) is 0.615. The molecule has 0 saturated carbocycles. The Balaban J connectivity index is 2.06. The lowest BCUT2D eigenvalue weighted by Crippen LogP contribution is -2.25. The van der Waals surface area contributed by atoms with Crippen LogP contribution in [0, 0.1) is 10.1 Å². The maximum atomic E-state index is 11.8. The van der Waals surface area contributed by atoms with E-state index in [9.17, 15) is 19.7 Å². The van der Waals surface area contributed by atoms with Crippen LogP contribution in [0.4, 0.5) is 10.5 Å². The summed E-state index contributed by atoms with van der Waals surface area (Å²) >= 11 is 0. The van der Waals surface area contributed by atoms with E-state index >= 15 is 0 Å². The van der Waals surface area contributed by atoms with Crippen molar-refractivity contribution in [2.45, 2.75) is 97.0 Å². The van der Waals surface area contributed by atoms with Gasteiger partial charge in [0.25, 0.3) is 5.69 Å². The largest absolute Gasteiger partial charge is 0.478 e. The Morgan fingerprint density at radius 3 is 2.15 bits per heavy atom. The molecule has 2 N–H and O–H groups in total. The lowest BCUT2D eigenvalue weighted by atomic mass is 10.1. The van der Waals surface area contributed by atoms with Gasteiger partial charge in [-0.25, -0.2) is 9.59 Å². The Kier molecular flexibility index (Phi) is 15.9. The molecule has 8 heteroatoms. The molecule has 0 fully saturated rings. The average Bonchev–Trinajstić information content (AvgIpc) is 2.82. The molecule has 0 aromatic heterocycles. The van der Waals surface area contributed by atoms with E-state index in [0.29, 0.717) is 6.54 Å². The summed E-state index contributed by atoms with van der Waals surface area (Å²) in [6.45, 7) is 2.34. The van der Waals surface area contributed by atoms with Gasteiger partial charge in [0, 0.05) is 12.6 Å². The zero-order valence-electron chi connectivity index (χ0n) is 20.4. The van der Waals surface area contributed by atoms with E-state index in [4.69, 9.17) is 9.84 Å². The van der Waals surface area contributed by atoms with Crippen LogP contribution in [0.5, 0.6) is 0 Å². The second kappa shape index (κ2) is 18.5. The molecule has 0 unspecified atom stereocenters. The maximum absolute atomic E-state index is 11.8. The molecule has 0 aliphatic rings. The number of hydrogen-bond donors (Lipinski definition) is 2. The first-order valence-corrected chi connectivity index (χ1v) is 12.5. The smallest absolute Gasteiger partial charge is 0.407 e. The Hall–Kier alpha value is -2.90. The predicted octanol–water partition coefficient (Wildman–Crippen LogP) is 7.17. The number of aromatic carboxylic acids is 1. The van der Waals surface area contributed by atoms with Crippen LogP contribution in [0.25, 0.3) is 0 Å². The summed E-state index contributed by atoms with van der Waals surface area (Å²) in [6, 6.07) is 3.40. The van der Waals surface area contributed by atoms with Gasteiger partial charge in [0.1, 0.15) is 6.61 Å². The highest BCUT2D eigenvalue weighted by atomic mass is 16.6. The highest BCUT2D eigenvalue weighted by molar-refractivity contribution is 5.88. The fourth-order valence-electron chi connectivity index (χ4n) is 3.59. The van der Waals surface area contributed by atoms with Crippen LogP contribution < -0.4 is 5.32 Å². The fourth-order valence-corrected chi connectivity index (χ4v) is 3.59. The van der Waals surface area contributed by atoms with E-state index in [1.807, 2.05) is 0 Å². The van der Waals surface area contributed by atoms with Crippen molar-refractivity contribution in [2.24, 2.45) is 0 Å². The number of amides is 1. The summed E-state index contributed by atoms with van der Waals surface area (Å²) in [5, 5.41) is 22.7. The van der Waals surface area contributed by atoms with Crippen LogP contribution in [0.15, 0.2) is 30.4 Å². The van der Waals surface area contributed by atoms with E-state index in [-0.39, 0.29) is 23.4 Å². The van der Waals surface area contributed by atoms with Crippen LogP contribution in [0.3, 0.4) is 0 Å². The second-order valence-corrected chi connectivity index (χ2v) is 8.49.